The smallest absolute Gasteiger partial charge is 0.129 e. The molecule has 1 N–H and O–H groups in total. The van der Waals surface area contributed by atoms with E-state index in [1.807, 2.05) is 30.4 Å². The molecule has 5 heteroatoms. The maximum absolute atomic E-state index is 13.7. The van der Waals surface area contributed by atoms with Crippen LogP contribution in [0.15, 0.2) is 18.2 Å². The second-order valence-electron chi connectivity index (χ2n) is 4.55. The summed E-state index contributed by atoms with van der Waals surface area (Å²) in [6.45, 7) is 2.85. The van der Waals surface area contributed by atoms with E-state index in [0.717, 1.165) is 18.1 Å². The van der Waals surface area contributed by atoms with Crippen LogP contribution in [-0.2, 0) is 6.42 Å². The number of hydrogen-bond donors (Lipinski definition) is 1. The molecular weight excluding hydrogens is 284 g/mol. The number of halogens is 2. The second kappa shape index (κ2) is 7.50. The number of hydrogen-bond acceptors (Lipinski definition) is 3. The van der Waals surface area contributed by atoms with E-state index in [4.69, 9.17) is 0 Å². The van der Waals surface area contributed by atoms with Gasteiger partial charge in [0.15, 0.2) is 0 Å². The van der Waals surface area contributed by atoms with Crippen molar-refractivity contribution < 1.29 is 8.78 Å². The third-order valence-electron chi connectivity index (χ3n) is 3.24. The fraction of sp³-hybridized carbons (Fsp3) is 0.571. The summed E-state index contributed by atoms with van der Waals surface area (Å²) in [7, 11) is 0. The molecule has 1 aliphatic heterocycles. The Hall–Kier alpha value is -0.260. The summed E-state index contributed by atoms with van der Waals surface area (Å²) in [5.41, 5.74) is 0.213. The maximum atomic E-state index is 13.7. The number of benzene rings is 1. The predicted molar refractivity (Wildman–Crippen MR) is 81.1 cm³/mol. The molecule has 1 fully saturated rings. The van der Waals surface area contributed by atoms with Gasteiger partial charge < -0.3 is 5.32 Å². The van der Waals surface area contributed by atoms with Gasteiger partial charge in [-0.3, -0.25) is 0 Å². The molecule has 0 aromatic heterocycles. The van der Waals surface area contributed by atoms with Crippen molar-refractivity contribution in [3.8, 4) is 0 Å². The topological polar surface area (TPSA) is 12.0 Å². The molecule has 2 atom stereocenters. The fourth-order valence-electron chi connectivity index (χ4n) is 2.28. The molecule has 19 heavy (non-hydrogen) atoms. The first-order valence-corrected chi connectivity index (χ1v) is 8.78. The molecule has 0 radical (unpaired) electrons. The Labute approximate surface area is 121 Å². The largest absolute Gasteiger partial charge is 0.313 e. The van der Waals surface area contributed by atoms with Crippen LogP contribution in [-0.4, -0.2) is 35.1 Å². The standard InChI is InChI=1S/C14H19F2NS2/c1-2-17-13(14-9-18-6-7-19-14)8-10-11(15)4-3-5-12(10)16/h3-5,13-14,17H,2,6-9H2,1H3. The van der Waals surface area contributed by atoms with E-state index >= 15 is 0 Å². The monoisotopic (exact) mass is 303 g/mol. The predicted octanol–water partition coefficient (Wildman–Crippen LogP) is 3.33. The highest BCUT2D eigenvalue weighted by atomic mass is 32.2. The van der Waals surface area contributed by atoms with Gasteiger partial charge in [-0.1, -0.05) is 13.0 Å². The SMILES string of the molecule is CCNC(Cc1c(F)cccc1F)C1CSCCS1. The zero-order valence-corrected chi connectivity index (χ0v) is 12.6. The van der Waals surface area contributed by atoms with Gasteiger partial charge in [-0.15, -0.1) is 0 Å². The van der Waals surface area contributed by atoms with Gasteiger partial charge in [-0.05, 0) is 25.1 Å². The third-order valence-corrected chi connectivity index (χ3v) is 6.16. The molecule has 1 nitrogen and oxygen atoms in total. The molecule has 0 saturated carbocycles. The van der Waals surface area contributed by atoms with E-state index < -0.39 is 11.6 Å². The van der Waals surface area contributed by atoms with Crippen molar-refractivity contribution in [1.82, 2.24) is 5.32 Å². The molecule has 1 aromatic carbocycles. The Balaban J connectivity index is 2.11. The molecule has 0 spiro atoms. The van der Waals surface area contributed by atoms with Crippen molar-refractivity contribution in [2.45, 2.75) is 24.6 Å². The molecule has 0 aliphatic carbocycles. The molecule has 106 valence electrons. The summed E-state index contributed by atoms with van der Waals surface area (Å²) in [5.74, 6) is 2.48. The highest BCUT2D eigenvalue weighted by molar-refractivity contribution is 8.06. The molecule has 0 bridgehead atoms. The van der Waals surface area contributed by atoms with Crippen molar-refractivity contribution in [1.29, 1.82) is 0 Å². The molecule has 1 heterocycles. The van der Waals surface area contributed by atoms with E-state index in [9.17, 15) is 8.78 Å². The summed E-state index contributed by atoms with van der Waals surface area (Å²) < 4.78 is 27.5. The lowest BCUT2D eigenvalue weighted by molar-refractivity contribution is 0.485. The van der Waals surface area contributed by atoms with E-state index in [0.29, 0.717) is 11.7 Å². The highest BCUT2D eigenvalue weighted by Gasteiger charge is 2.26. The van der Waals surface area contributed by atoms with Gasteiger partial charge in [-0.25, -0.2) is 8.78 Å². The number of rotatable bonds is 5. The van der Waals surface area contributed by atoms with Crippen LogP contribution in [0.5, 0.6) is 0 Å². The fourth-order valence-corrected chi connectivity index (χ4v) is 5.17. The zero-order valence-electron chi connectivity index (χ0n) is 11.0. The average molecular weight is 303 g/mol. The molecule has 1 saturated heterocycles. The lowest BCUT2D eigenvalue weighted by Crippen LogP contribution is -2.42. The molecule has 1 aliphatic rings. The van der Waals surface area contributed by atoms with Gasteiger partial charge in [0.1, 0.15) is 11.6 Å². The van der Waals surface area contributed by atoms with Crippen LogP contribution in [0, 0.1) is 11.6 Å². The minimum Gasteiger partial charge on any atom is -0.313 e. The molecule has 2 unspecified atom stereocenters. The van der Waals surface area contributed by atoms with Crippen LogP contribution in [0.4, 0.5) is 8.78 Å². The first-order chi connectivity index (χ1) is 9.22. The Bertz CT molecular complexity index is 388. The van der Waals surface area contributed by atoms with Crippen molar-refractivity contribution in [2.75, 3.05) is 23.8 Å². The lowest BCUT2D eigenvalue weighted by atomic mass is 10.0. The van der Waals surface area contributed by atoms with Gasteiger partial charge >= 0.3 is 0 Å². The Morgan fingerprint density at radius 1 is 1.32 bits per heavy atom. The number of likely N-dealkylation sites (N-methyl/N-ethyl adjacent to an activating group) is 1. The first kappa shape index (κ1) is 15.1. The first-order valence-electron chi connectivity index (χ1n) is 6.58. The summed E-state index contributed by atoms with van der Waals surface area (Å²) in [6, 6.07) is 4.23. The molecule has 0 amide bonds. The minimum atomic E-state index is -0.434. The Kier molecular flexibility index (Phi) is 5.98. The van der Waals surface area contributed by atoms with Crippen molar-refractivity contribution in [2.24, 2.45) is 0 Å². The quantitative estimate of drug-likeness (QED) is 0.896. The zero-order chi connectivity index (χ0) is 13.7. The van der Waals surface area contributed by atoms with Crippen molar-refractivity contribution in [3.05, 3.63) is 35.4 Å². The summed E-state index contributed by atoms with van der Waals surface area (Å²) >= 11 is 3.84. The average Bonchev–Trinajstić information content (AvgIpc) is 2.43. The Morgan fingerprint density at radius 2 is 2.05 bits per heavy atom. The number of thioether (sulfide) groups is 2. The van der Waals surface area contributed by atoms with Crippen LogP contribution in [0.2, 0.25) is 0 Å². The normalized spacial score (nSPS) is 21.3. The van der Waals surface area contributed by atoms with E-state index in [1.165, 1.54) is 24.0 Å². The lowest BCUT2D eigenvalue weighted by Gasteiger charge is -2.30. The molecule has 1 aromatic rings. The van der Waals surface area contributed by atoms with Crippen LogP contribution < -0.4 is 5.32 Å². The van der Waals surface area contributed by atoms with E-state index in [2.05, 4.69) is 5.32 Å². The van der Waals surface area contributed by atoms with Crippen LogP contribution in [0.3, 0.4) is 0 Å². The summed E-state index contributed by atoms with van der Waals surface area (Å²) in [5, 5.41) is 3.82. The van der Waals surface area contributed by atoms with E-state index in [-0.39, 0.29) is 11.6 Å². The van der Waals surface area contributed by atoms with Gasteiger partial charge in [0.2, 0.25) is 0 Å². The summed E-state index contributed by atoms with van der Waals surface area (Å²) in [6.07, 6.45) is 0.421. The number of nitrogens with one attached hydrogen (secondary N) is 1. The van der Waals surface area contributed by atoms with Gasteiger partial charge in [0.25, 0.3) is 0 Å². The highest BCUT2D eigenvalue weighted by Crippen LogP contribution is 2.28. The molecule has 2 rings (SSSR count). The molecular formula is C14H19F2NS2. The summed E-state index contributed by atoms with van der Waals surface area (Å²) in [4.78, 5) is 0. The van der Waals surface area contributed by atoms with Crippen molar-refractivity contribution in [3.63, 3.8) is 0 Å². The third kappa shape index (κ3) is 4.10. The van der Waals surface area contributed by atoms with E-state index in [1.54, 1.807) is 0 Å². The second-order valence-corrected chi connectivity index (χ2v) is 7.05. The van der Waals surface area contributed by atoms with Crippen LogP contribution in [0.1, 0.15) is 12.5 Å². The maximum Gasteiger partial charge on any atom is 0.129 e. The van der Waals surface area contributed by atoms with Gasteiger partial charge in [0, 0.05) is 34.1 Å². The van der Waals surface area contributed by atoms with Crippen LogP contribution >= 0.6 is 23.5 Å². The minimum absolute atomic E-state index is 0.134. The Morgan fingerprint density at radius 3 is 2.63 bits per heavy atom. The van der Waals surface area contributed by atoms with Gasteiger partial charge in [0.05, 0.1) is 0 Å². The van der Waals surface area contributed by atoms with Crippen LogP contribution in [0.25, 0.3) is 0 Å². The van der Waals surface area contributed by atoms with Gasteiger partial charge in [-0.2, -0.15) is 23.5 Å². The van der Waals surface area contributed by atoms with Crippen molar-refractivity contribution >= 4 is 23.5 Å².